The van der Waals surface area contributed by atoms with E-state index in [-0.39, 0.29) is 31.0 Å². The minimum atomic E-state index is -2.61. The van der Waals surface area contributed by atoms with Crippen LogP contribution in [-0.2, 0) is 34.1 Å². The third-order valence-corrected chi connectivity index (χ3v) is 0. The van der Waals surface area contributed by atoms with Gasteiger partial charge in [0.1, 0.15) is 0 Å². The van der Waals surface area contributed by atoms with Crippen LogP contribution >= 0.6 is 0 Å². The number of rotatable bonds is 0. The summed E-state index contributed by atoms with van der Waals surface area (Å²) in [6, 6.07) is 0. The van der Waals surface area contributed by atoms with Gasteiger partial charge < -0.3 is 1.43 Å². The molecule has 13 heteroatoms. The van der Waals surface area contributed by atoms with E-state index in [1.54, 1.807) is 0 Å². The first kappa shape index (κ1) is 23.8. The molecule has 0 radical (unpaired) electrons. The Morgan fingerprint density at radius 2 is 0.615 bits per heavy atom. The minimum absolute atomic E-state index is 0. The summed E-state index contributed by atoms with van der Waals surface area (Å²) in [6.45, 7) is 0. The van der Waals surface area contributed by atoms with E-state index in [2.05, 4.69) is 0 Å². The van der Waals surface area contributed by atoms with Crippen molar-refractivity contribution in [1.82, 2.24) is 0 Å². The molecule has 0 unspecified atom stereocenters. The van der Waals surface area contributed by atoms with Crippen molar-refractivity contribution in [2.75, 3.05) is 0 Å². The third kappa shape index (κ3) is 1130. The molecule has 0 fully saturated rings. The predicted octanol–water partition coefficient (Wildman–Crippen LogP) is -3.84. The smallest absolute Gasteiger partial charge is 1.00 e. The average Bonchev–Trinajstić information content (AvgIpc) is 1.54. The van der Waals surface area contributed by atoms with Crippen LogP contribution in [0.1, 0.15) is 1.43 Å². The molecule has 0 saturated carbocycles. The molecule has 0 aliphatic heterocycles. The maximum Gasteiger partial charge on any atom is 1.00 e. The van der Waals surface area contributed by atoms with E-state index in [9.17, 15) is 0 Å². The zero-order valence-electron chi connectivity index (χ0n) is 7.13. The third-order valence-electron chi connectivity index (χ3n) is 0. The van der Waals surface area contributed by atoms with Gasteiger partial charge in [0.25, 0.3) is 34.1 Å². The molecule has 0 amide bonds. The molecule has 0 aromatic heterocycles. The molecule has 0 saturated heterocycles. The van der Waals surface area contributed by atoms with Gasteiger partial charge in [0, 0.05) is 0 Å². The molecule has 0 spiro atoms. The van der Waals surface area contributed by atoms with E-state index in [0.717, 1.165) is 0 Å². The largest absolute Gasteiger partial charge is 1.00 e. The summed E-state index contributed by atoms with van der Waals surface area (Å²) in [5.74, 6) is 0. The average molecular weight is 270 g/mol. The molecule has 0 atom stereocenters. The number of hydrogen-bond donors (Lipinski definition) is 6. The summed E-state index contributed by atoms with van der Waals surface area (Å²) in [4.78, 5) is 0. The van der Waals surface area contributed by atoms with E-state index in [1.165, 1.54) is 0 Å². The van der Waals surface area contributed by atoms with Crippen LogP contribution in [0.25, 0.3) is 0 Å². The Kier molecular flexibility index (Phi) is 34.6. The fourth-order valence-corrected chi connectivity index (χ4v) is 0. The van der Waals surface area contributed by atoms with Gasteiger partial charge in [-0.15, -0.1) is 0 Å². The van der Waals surface area contributed by atoms with Crippen LogP contribution in [0.15, 0.2) is 0 Å². The topological polar surface area (TPSA) is 173 Å². The van der Waals surface area contributed by atoms with Gasteiger partial charge in [-0.3, -0.25) is 27.3 Å². The van der Waals surface area contributed by atoms with Gasteiger partial charge in [-0.1, -0.05) is 0 Å². The second-order valence-corrected chi connectivity index (χ2v) is 2.08. The van der Waals surface area contributed by atoms with E-state index < -0.39 is 34.1 Å². The second-order valence-electron chi connectivity index (χ2n) is 0.692. The Morgan fingerprint density at radius 3 is 0.615 bits per heavy atom. The van der Waals surface area contributed by atoms with Gasteiger partial charge in [0.2, 0.25) is 0 Å². The first-order chi connectivity index (χ1) is 5.20. The summed E-state index contributed by atoms with van der Waals surface area (Å²) in [5.41, 5.74) is 0. The van der Waals surface area contributed by atoms with Crippen LogP contribution in [0, 0.1) is 0 Å². The van der Waals surface area contributed by atoms with Crippen molar-refractivity contribution in [2.45, 2.75) is 0 Å². The van der Waals surface area contributed by atoms with Crippen LogP contribution in [0.5, 0.6) is 0 Å². The van der Waals surface area contributed by atoms with Crippen LogP contribution in [0.4, 0.5) is 0 Å². The van der Waals surface area contributed by atoms with E-state index in [1.807, 2.05) is 0 Å². The van der Waals surface area contributed by atoms with Crippen molar-refractivity contribution >= 4 is 34.1 Å². The zero-order valence-corrected chi connectivity index (χ0v) is 10.6. The SMILES string of the molecule is O=S(O)O.O=S(O)O.O=S(O)O.[H-].[Na+]. The molecule has 0 rings (SSSR count). The summed E-state index contributed by atoms with van der Waals surface area (Å²) >= 11 is -7.83. The molecule has 0 aromatic rings. The van der Waals surface area contributed by atoms with Gasteiger partial charge in [-0.2, -0.15) is 12.6 Å². The van der Waals surface area contributed by atoms with Crippen LogP contribution in [0.3, 0.4) is 0 Å². The Balaban J connectivity index is -0.0000000270. The molecule has 0 aliphatic rings. The Labute approximate surface area is 104 Å². The van der Waals surface area contributed by atoms with Crippen molar-refractivity contribution in [3.8, 4) is 0 Å². The van der Waals surface area contributed by atoms with Crippen LogP contribution in [0.2, 0.25) is 0 Å². The summed E-state index contributed by atoms with van der Waals surface area (Å²) in [5, 5.41) is 0. The Bertz CT molecular complexity index is 118. The van der Waals surface area contributed by atoms with Crippen LogP contribution < -0.4 is 29.6 Å². The molecule has 0 bridgehead atoms. The van der Waals surface area contributed by atoms with Crippen LogP contribution in [-0.4, -0.2) is 39.9 Å². The quantitative estimate of drug-likeness (QED) is 0.190. The normalized spacial score (nSPS) is 8.08. The molecular weight excluding hydrogens is 263 g/mol. The fraction of sp³-hybridized carbons (Fsp3) is 0. The van der Waals surface area contributed by atoms with E-state index in [0.29, 0.717) is 0 Å². The standard InChI is InChI=1S/Na.3H2O3S.H/c;3*1-4(2)3;/h;3*(H2,1,2,3);/q+1;;;;-1. The van der Waals surface area contributed by atoms with Gasteiger partial charge in [0.15, 0.2) is 0 Å². The fourth-order valence-electron chi connectivity index (χ4n) is 0. The first-order valence-electron chi connectivity index (χ1n) is 1.60. The number of hydrogen-bond acceptors (Lipinski definition) is 3. The molecule has 80 valence electrons. The predicted molar refractivity (Wildman–Crippen MR) is 41.3 cm³/mol. The molecule has 0 heterocycles. The van der Waals surface area contributed by atoms with Crippen molar-refractivity contribution in [2.24, 2.45) is 0 Å². The van der Waals surface area contributed by atoms with Gasteiger partial charge in [0.05, 0.1) is 0 Å². The van der Waals surface area contributed by atoms with Gasteiger partial charge in [-0.25, -0.2) is 0 Å². The van der Waals surface area contributed by atoms with Crippen molar-refractivity contribution < 1.29 is 70.9 Å². The first-order valence-corrected chi connectivity index (χ1v) is 4.79. The summed E-state index contributed by atoms with van der Waals surface area (Å²) in [7, 11) is 0. The van der Waals surface area contributed by atoms with E-state index in [4.69, 9.17) is 39.9 Å². The molecule has 0 aliphatic carbocycles. The van der Waals surface area contributed by atoms with Crippen molar-refractivity contribution in [3.05, 3.63) is 0 Å². The zero-order chi connectivity index (χ0) is 10.7. The molecule has 6 N–H and O–H groups in total. The van der Waals surface area contributed by atoms with Crippen molar-refractivity contribution in [3.63, 3.8) is 0 Å². The monoisotopic (exact) mass is 270 g/mol. The molecule has 13 heavy (non-hydrogen) atoms. The minimum Gasteiger partial charge on any atom is -1.00 e. The summed E-state index contributed by atoms with van der Waals surface area (Å²) < 4.78 is 68.5. The Hall–Kier alpha value is 1.21. The molecule has 0 aromatic carbocycles. The maximum absolute atomic E-state index is 8.67. The summed E-state index contributed by atoms with van der Waals surface area (Å²) in [6.07, 6.45) is 0. The second kappa shape index (κ2) is 18.9. The molecular formula is H7NaO9S3. The van der Waals surface area contributed by atoms with Gasteiger partial charge in [-0.05, 0) is 0 Å². The Morgan fingerprint density at radius 1 is 0.615 bits per heavy atom. The molecule has 9 nitrogen and oxygen atoms in total. The van der Waals surface area contributed by atoms with E-state index >= 15 is 0 Å². The van der Waals surface area contributed by atoms with Gasteiger partial charge >= 0.3 is 29.6 Å². The maximum atomic E-state index is 8.67. The van der Waals surface area contributed by atoms with Crippen molar-refractivity contribution in [1.29, 1.82) is 0 Å².